The topological polar surface area (TPSA) is 52.9 Å². The Morgan fingerprint density at radius 3 is 2.14 bits per heavy atom. The fourth-order valence-electron chi connectivity index (χ4n) is 2.74. The summed E-state index contributed by atoms with van der Waals surface area (Å²) in [6.45, 7) is 0. The van der Waals surface area contributed by atoms with E-state index in [1.54, 1.807) is 6.07 Å². The van der Waals surface area contributed by atoms with Crippen molar-refractivity contribution in [3.8, 4) is 0 Å². The van der Waals surface area contributed by atoms with Crippen LogP contribution in [0.2, 0.25) is 5.02 Å². The summed E-state index contributed by atoms with van der Waals surface area (Å²) >= 11 is 5.70. The highest BCUT2D eigenvalue weighted by atomic mass is 35.5. The molecule has 1 N–H and O–H groups in total. The van der Waals surface area contributed by atoms with Crippen LogP contribution in [0.1, 0.15) is 22.3 Å². The summed E-state index contributed by atoms with van der Waals surface area (Å²) in [5, 5.41) is 14.1. The molecule has 0 fully saturated rings. The van der Waals surface area contributed by atoms with Crippen LogP contribution in [0.3, 0.4) is 0 Å². The average Bonchev–Trinajstić information content (AvgIpc) is 3.01. The largest absolute Gasteiger partial charge is 0.458 e. The van der Waals surface area contributed by atoms with Crippen LogP contribution in [0, 0.1) is 0 Å². The molecule has 1 aliphatic heterocycles. The maximum Gasteiger partial charge on any atom is 0.458 e. The molecule has 1 amide bonds. The van der Waals surface area contributed by atoms with Gasteiger partial charge in [0, 0.05) is 17.0 Å². The van der Waals surface area contributed by atoms with E-state index >= 15 is 0 Å². The van der Waals surface area contributed by atoms with Crippen LogP contribution < -0.4 is 0 Å². The Labute approximate surface area is 160 Å². The normalized spacial score (nSPS) is 20.2. The SMILES string of the molecule is O=C(c1ccc(Cl)cc1)N1N=C(c2ccccc2)C[C@]1(O)C(F)(F)C(F)(F)F. The Morgan fingerprint density at radius 2 is 1.61 bits per heavy atom. The number of carbonyl (C=O) groups excluding carboxylic acids is 1. The molecule has 0 unspecified atom stereocenters. The Kier molecular flexibility index (Phi) is 4.93. The molecular formula is C18H12ClF5N2O2. The van der Waals surface area contributed by atoms with Crippen LogP contribution in [-0.2, 0) is 0 Å². The monoisotopic (exact) mass is 418 g/mol. The highest BCUT2D eigenvalue weighted by Gasteiger charge is 2.75. The Morgan fingerprint density at radius 1 is 1.04 bits per heavy atom. The highest BCUT2D eigenvalue weighted by molar-refractivity contribution is 6.30. The van der Waals surface area contributed by atoms with E-state index < -0.39 is 30.2 Å². The number of nitrogens with zero attached hydrogens (tertiary/aromatic N) is 2. The van der Waals surface area contributed by atoms with Gasteiger partial charge < -0.3 is 5.11 Å². The smallest absolute Gasteiger partial charge is 0.364 e. The Balaban J connectivity index is 2.10. The van der Waals surface area contributed by atoms with Gasteiger partial charge >= 0.3 is 12.1 Å². The van der Waals surface area contributed by atoms with Crippen LogP contribution in [-0.4, -0.2) is 39.6 Å². The molecule has 1 aliphatic rings. The van der Waals surface area contributed by atoms with E-state index in [0.29, 0.717) is 0 Å². The van der Waals surface area contributed by atoms with Crippen molar-refractivity contribution in [1.82, 2.24) is 5.01 Å². The van der Waals surface area contributed by atoms with Crippen molar-refractivity contribution in [2.45, 2.75) is 24.2 Å². The molecule has 0 aromatic heterocycles. The zero-order valence-corrected chi connectivity index (χ0v) is 14.7. The summed E-state index contributed by atoms with van der Waals surface area (Å²) in [6.07, 6.45) is -7.31. The molecule has 10 heteroatoms. The number of halogens is 6. The second-order valence-electron chi connectivity index (χ2n) is 6.10. The molecule has 0 radical (unpaired) electrons. The maximum atomic E-state index is 14.2. The van der Waals surface area contributed by atoms with Crippen molar-refractivity contribution in [3.05, 3.63) is 70.7 Å². The van der Waals surface area contributed by atoms with Crippen molar-refractivity contribution in [1.29, 1.82) is 0 Å². The first-order valence-electron chi connectivity index (χ1n) is 7.87. The molecule has 2 aromatic carbocycles. The number of carbonyl (C=O) groups is 1. The summed E-state index contributed by atoms with van der Waals surface area (Å²) in [5.74, 6) is -6.96. The van der Waals surface area contributed by atoms with E-state index in [1.807, 2.05) is 0 Å². The quantitative estimate of drug-likeness (QED) is 0.747. The zero-order chi connectivity index (χ0) is 20.7. The molecule has 0 aliphatic carbocycles. The molecule has 0 saturated carbocycles. The molecule has 28 heavy (non-hydrogen) atoms. The lowest BCUT2D eigenvalue weighted by atomic mass is 9.95. The minimum absolute atomic E-state index is 0.199. The van der Waals surface area contributed by atoms with E-state index in [9.17, 15) is 31.9 Å². The van der Waals surface area contributed by atoms with Crippen molar-refractivity contribution >= 4 is 23.2 Å². The van der Waals surface area contributed by atoms with E-state index in [0.717, 1.165) is 12.1 Å². The van der Waals surface area contributed by atoms with Crippen LogP contribution in [0.15, 0.2) is 59.7 Å². The van der Waals surface area contributed by atoms with Crippen molar-refractivity contribution in [2.24, 2.45) is 5.10 Å². The van der Waals surface area contributed by atoms with Crippen LogP contribution in [0.5, 0.6) is 0 Å². The van der Waals surface area contributed by atoms with Crippen LogP contribution in [0.4, 0.5) is 22.0 Å². The number of amides is 1. The summed E-state index contributed by atoms with van der Waals surface area (Å²) in [6, 6.07) is 12.3. The third-order valence-corrected chi connectivity index (χ3v) is 4.49. The first-order valence-corrected chi connectivity index (χ1v) is 8.25. The van der Waals surface area contributed by atoms with E-state index in [-0.39, 0.29) is 26.9 Å². The third kappa shape index (κ3) is 3.24. The van der Waals surface area contributed by atoms with Gasteiger partial charge in [-0.1, -0.05) is 41.9 Å². The predicted molar refractivity (Wildman–Crippen MR) is 91.2 cm³/mol. The molecule has 0 bridgehead atoms. The summed E-state index contributed by atoms with van der Waals surface area (Å²) < 4.78 is 67.6. The summed E-state index contributed by atoms with van der Waals surface area (Å²) in [4.78, 5) is 12.6. The highest BCUT2D eigenvalue weighted by Crippen LogP contribution is 2.49. The number of aliphatic hydroxyl groups is 1. The fourth-order valence-corrected chi connectivity index (χ4v) is 2.86. The van der Waals surface area contributed by atoms with Crippen LogP contribution in [0.25, 0.3) is 0 Å². The van der Waals surface area contributed by atoms with Gasteiger partial charge in [-0.05, 0) is 29.8 Å². The number of rotatable bonds is 3. The van der Waals surface area contributed by atoms with Gasteiger partial charge in [-0.3, -0.25) is 4.79 Å². The average molecular weight is 419 g/mol. The minimum Gasteiger partial charge on any atom is -0.364 e. The number of hydrogen-bond donors (Lipinski definition) is 1. The number of benzene rings is 2. The van der Waals surface area contributed by atoms with Crippen LogP contribution >= 0.6 is 11.6 Å². The minimum atomic E-state index is -6.11. The van der Waals surface area contributed by atoms with Gasteiger partial charge in [0.2, 0.25) is 5.72 Å². The van der Waals surface area contributed by atoms with Gasteiger partial charge in [-0.25, -0.2) is 0 Å². The summed E-state index contributed by atoms with van der Waals surface area (Å²) in [7, 11) is 0. The van der Waals surface area contributed by atoms with Crippen molar-refractivity contribution < 1.29 is 31.9 Å². The van der Waals surface area contributed by atoms with Crippen molar-refractivity contribution in [2.75, 3.05) is 0 Å². The third-order valence-electron chi connectivity index (χ3n) is 4.23. The van der Waals surface area contributed by atoms with E-state index in [1.165, 1.54) is 36.4 Å². The fraction of sp³-hybridized carbons (Fsp3) is 0.222. The molecule has 148 valence electrons. The summed E-state index contributed by atoms with van der Waals surface area (Å²) in [5.41, 5.74) is -4.27. The van der Waals surface area contributed by atoms with Gasteiger partial charge in [-0.15, -0.1) is 0 Å². The zero-order valence-electron chi connectivity index (χ0n) is 13.9. The second-order valence-corrected chi connectivity index (χ2v) is 6.54. The first-order chi connectivity index (χ1) is 13.0. The number of hydrazone groups is 1. The second kappa shape index (κ2) is 6.82. The lowest BCUT2D eigenvalue weighted by Gasteiger charge is -2.38. The number of alkyl halides is 5. The van der Waals surface area contributed by atoms with E-state index in [2.05, 4.69) is 5.10 Å². The van der Waals surface area contributed by atoms with Gasteiger partial charge in [-0.2, -0.15) is 32.1 Å². The first kappa shape index (κ1) is 20.2. The molecule has 3 rings (SSSR count). The lowest BCUT2D eigenvalue weighted by Crippen LogP contribution is -2.64. The van der Waals surface area contributed by atoms with E-state index in [4.69, 9.17) is 11.6 Å². The molecule has 0 spiro atoms. The van der Waals surface area contributed by atoms with Gasteiger partial charge in [0.1, 0.15) is 0 Å². The number of hydrogen-bond acceptors (Lipinski definition) is 3. The molecule has 0 saturated heterocycles. The molecule has 1 atom stereocenters. The van der Waals surface area contributed by atoms with Gasteiger partial charge in [0.25, 0.3) is 5.91 Å². The Bertz CT molecular complexity index is 916. The molecular weight excluding hydrogens is 407 g/mol. The maximum absolute atomic E-state index is 14.2. The standard InChI is InChI=1S/C18H12ClF5N2O2/c19-13-8-6-12(7-9-13)15(27)26-16(28,17(20,21)18(22,23)24)10-14(25-26)11-4-2-1-3-5-11/h1-9,28H,10H2/t16-/m0/s1. The molecule has 1 heterocycles. The Hall–Kier alpha value is -2.52. The van der Waals surface area contributed by atoms with Crippen molar-refractivity contribution in [3.63, 3.8) is 0 Å². The predicted octanol–water partition coefficient (Wildman–Crippen LogP) is 4.48. The molecule has 2 aromatic rings. The molecule has 4 nitrogen and oxygen atoms in total. The lowest BCUT2D eigenvalue weighted by molar-refractivity contribution is -0.362. The van der Waals surface area contributed by atoms with Gasteiger partial charge in [0.05, 0.1) is 5.71 Å². The van der Waals surface area contributed by atoms with Gasteiger partial charge in [0.15, 0.2) is 0 Å².